The number of nitrogens with zero attached hydrogens (tertiary/aromatic N) is 1. The first-order valence-electron chi connectivity index (χ1n) is 7.15. The van der Waals surface area contributed by atoms with Gasteiger partial charge in [0.25, 0.3) is 0 Å². The van der Waals surface area contributed by atoms with Crippen LogP contribution >= 0.6 is 0 Å². The highest BCUT2D eigenvalue weighted by atomic mass is 16.5. The van der Waals surface area contributed by atoms with Crippen LogP contribution in [0.5, 0.6) is 5.75 Å². The van der Waals surface area contributed by atoms with Crippen LogP contribution in [0.2, 0.25) is 0 Å². The van der Waals surface area contributed by atoms with Crippen molar-refractivity contribution < 1.29 is 9.53 Å². The van der Waals surface area contributed by atoms with E-state index >= 15 is 0 Å². The monoisotopic (exact) mass is 278 g/mol. The molecule has 4 nitrogen and oxygen atoms in total. The molecule has 0 saturated carbocycles. The molecule has 0 aliphatic carbocycles. The van der Waals surface area contributed by atoms with Gasteiger partial charge in [-0.05, 0) is 25.0 Å². The summed E-state index contributed by atoms with van der Waals surface area (Å²) in [6.07, 6.45) is 0.903. The van der Waals surface area contributed by atoms with Gasteiger partial charge in [-0.15, -0.1) is 0 Å². The Labute approximate surface area is 121 Å². The molecule has 0 radical (unpaired) electrons. The maximum Gasteiger partial charge on any atom is 0.239 e. The van der Waals surface area contributed by atoms with E-state index in [9.17, 15) is 4.79 Å². The molecule has 0 bridgehead atoms. The molecule has 0 fully saturated rings. The lowest BCUT2D eigenvalue weighted by Crippen LogP contribution is -2.46. The Balaban J connectivity index is 2.37. The number of carbonyl (C=O) groups is 1. The van der Waals surface area contributed by atoms with Gasteiger partial charge in [0.15, 0.2) is 0 Å². The average molecular weight is 278 g/mol. The van der Waals surface area contributed by atoms with Crippen LogP contribution in [0.3, 0.4) is 0 Å². The molecule has 2 N–H and O–H groups in total. The Bertz CT molecular complexity index is 417. The van der Waals surface area contributed by atoms with Crippen LogP contribution in [0, 0.1) is 12.8 Å². The molecule has 1 aromatic carbocycles. The van der Waals surface area contributed by atoms with Crippen molar-refractivity contribution >= 4 is 5.91 Å². The molecule has 0 aliphatic heterocycles. The molecular weight excluding hydrogens is 252 g/mol. The second-order valence-electron chi connectivity index (χ2n) is 5.33. The van der Waals surface area contributed by atoms with Crippen LogP contribution in [0.25, 0.3) is 0 Å². The molecule has 0 saturated heterocycles. The lowest BCUT2D eigenvalue weighted by Gasteiger charge is -2.24. The van der Waals surface area contributed by atoms with Gasteiger partial charge in [0.1, 0.15) is 12.4 Å². The third-order valence-electron chi connectivity index (χ3n) is 3.63. The Morgan fingerprint density at radius 1 is 1.35 bits per heavy atom. The molecule has 0 heterocycles. The fraction of sp³-hybridized carbons (Fsp3) is 0.562. The molecule has 0 aliphatic rings. The summed E-state index contributed by atoms with van der Waals surface area (Å²) in [4.78, 5) is 13.7. The summed E-state index contributed by atoms with van der Waals surface area (Å²) in [7, 11) is 1.77. The van der Waals surface area contributed by atoms with E-state index in [0.29, 0.717) is 13.2 Å². The summed E-state index contributed by atoms with van der Waals surface area (Å²) in [6, 6.07) is 7.44. The molecule has 0 spiro atoms. The summed E-state index contributed by atoms with van der Waals surface area (Å²) in [6.45, 7) is 7.08. The molecule has 4 heteroatoms. The third-order valence-corrected chi connectivity index (χ3v) is 3.63. The highest BCUT2D eigenvalue weighted by Crippen LogP contribution is 2.11. The van der Waals surface area contributed by atoms with Crippen molar-refractivity contribution in [1.82, 2.24) is 4.90 Å². The van der Waals surface area contributed by atoms with Crippen molar-refractivity contribution in [2.45, 2.75) is 33.2 Å². The van der Waals surface area contributed by atoms with Crippen LogP contribution in [0.4, 0.5) is 0 Å². The Kier molecular flexibility index (Phi) is 6.52. The second kappa shape index (κ2) is 7.90. The van der Waals surface area contributed by atoms with E-state index in [1.807, 2.05) is 45.0 Å². The zero-order valence-electron chi connectivity index (χ0n) is 12.9. The van der Waals surface area contributed by atoms with Gasteiger partial charge in [-0.1, -0.05) is 38.0 Å². The Morgan fingerprint density at radius 3 is 2.50 bits per heavy atom. The van der Waals surface area contributed by atoms with Gasteiger partial charge in [0.2, 0.25) is 5.91 Å². The standard InChI is InChI=1S/C16H26N2O2/c1-5-13(3)15(17)16(19)18(4)10-11-20-14-8-6-12(2)7-9-14/h6-9,13,15H,5,10-11,17H2,1-4H3/t13-,15-/m0/s1. The normalized spacial score (nSPS) is 13.7. The molecule has 0 aromatic heterocycles. The fourth-order valence-corrected chi connectivity index (χ4v) is 1.80. The summed E-state index contributed by atoms with van der Waals surface area (Å²) in [5.74, 6) is 0.998. The topological polar surface area (TPSA) is 55.6 Å². The lowest BCUT2D eigenvalue weighted by molar-refractivity contribution is -0.132. The Hall–Kier alpha value is -1.55. The van der Waals surface area contributed by atoms with Gasteiger partial charge >= 0.3 is 0 Å². The van der Waals surface area contributed by atoms with Gasteiger partial charge in [0.05, 0.1) is 12.6 Å². The van der Waals surface area contributed by atoms with Crippen molar-refractivity contribution in [3.63, 3.8) is 0 Å². The number of hydrogen-bond donors (Lipinski definition) is 1. The quantitative estimate of drug-likeness (QED) is 0.832. The third kappa shape index (κ3) is 4.85. The number of ether oxygens (including phenoxy) is 1. The maximum atomic E-state index is 12.1. The zero-order valence-corrected chi connectivity index (χ0v) is 12.9. The predicted molar refractivity (Wildman–Crippen MR) is 81.7 cm³/mol. The fourth-order valence-electron chi connectivity index (χ4n) is 1.80. The lowest BCUT2D eigenvalue weighted by atomic mass is 9.99. The first-order valence-corrected chi connectivity index (χ1v) is 7.15. The van der Waals surface area contributed by atoms with Crippen LogP contribution in [0.15, 0.2) is 24.3 Å². The summed E-state index contributed by atoms with van der Waals surface area (Å²) in [5, 5.41) is 0. The minimum Gasteiger partial charge on any atom is -0.492 e. The molecule has 112 valence electrons. The van der Waals surface area contributed by atoms with Crippen molar-refractivity contribution in [2.24, 2.45) is 11.7 Å². The van der Waals surface area contributed by atoms with E-state index < -0.39 is 6.04 Å². The molecule has 20 heavy (non-hydrogen) atoms. The summed E-state index contributed by atoms with van der Waals surface area (Å²) in [5.41, 5.74) is 7.14. The number of amides is 1. The number of carbonyl (C=O) groups excluding carboxylic acids is 1. The highest BCUT2D eigenvalue weighted by Gasteiger charge is 2.22. The van der Waals surface area contributed by atoms with E-state index in [4.69, 9.17) is 10.5 Å². The summed E-state index contributed by atoms with van der Waals surface area (Å²) >= 11 is 0. The van der Waals surface area contributed by atoms with Gasteiger partial charge in [-0.25, -0.2) is 0 Å². The number of benzene rings is 1. The van der Waals surface area contributed by atoms with Gasteiger partial charge in [0, 0.05) is 7.05 Å². The first-order chi connectivity index (χ1) is 9.45. The number of hydrogen-bond acceptors (Lipinski definition) is 3. The van der Waals surface area contributed by atoms with Crippen molar-refractivity contribution in [3.8, 4) is 5.75 Å². The number of nitrogens with two attached hydrogens (primary N) is 1. The van der Waals surface area contributed by atoms with E-state index in [2.05, 4.69) is 0 Å². The van der Waals surface area contributed by atoms with Crippen LogP contribution < -0.4 is 10.5 Å². The number of rotatable bonds is 7. The zero-order chi connectivity index (χ0) is 15.1. The minimum absolute atomic E-state index is 0.0214. The summed E-state index contributed by atoms with van der Waals surface area (Å²) < 4.78 is 5.61. The Morgan fingerprint density at radius 2 is 1.95 bits per heavy atom. The van der Waals surface area contributed by atoms with E-state index in [1.165, 1.54) is 5.56 Å². The van der Waals surface area contributed by atoms with Crippen molar-refractivity contribution in [1.29, 1.82) is 0 Å². The predicted octanol–water partition coefficient (Wildman–Crippen LogP) is 2.21. The van der Waals surface area contributed by atoms with Crippen molar-refractivity contribution in [3.05, 3.63) is 29.8 Å². The van der Waals surface area contributed by atoms with Gasteiger partial charge in [-0.3, -0.25) is 4.79 Å². The van der Waals surface area contributed by atoms with E-state index in [0.717, 1.165) is 12.2 Å². The van der Waals surface area contributed by atoms with E-state index in [1.54, 1.807) is 11.9 Å². The SMILES string of the molecule is CC[C@H](C)[C@H](N)C(=O)N(C)CCOc1ccc(C)cc1. The van der Waals surface area contributed by atoms with Crippen LogP contribution in [-0.4, -0.2) is 37.0 Å². The molecule has 0 unspecified atom stereocenters. The smallest absolute Gasteiger partial charge is 0.239 e. The van der Waals surface area contributed by atoms with Crippen LogP contribution in [-0.2, 0) is 4.79 Å². The van der Waals surface area contributed by atoms with Crippen LogP contribution in [0.1, 0.15) is 25.8 Å². The van der Waals surface area contributed by atoms with Gasteiger partial charge in [-0.2, -0.15) is 0 Å². The first kappa shape index (κ1) is 16.5. The van der Waals surface area contributed by atoms with Crippen molar-refractivity contribution in [2.75, 3.05) is 20.2 Å². The molecule has 1 amide bonds. The number of aryl methyl sites for hydroxylation is 1. The average Bonchev–Trinajstić information content (AvgIpc) is 2.46. The molecular formula is C16H26N2O2. The van der Waals surface area contributed by atoms with E-state index in [-0.39, 0.29) is 11.8 Å². The molecule has 1 aromatic rings. The highest BCUT2D eigenvalue weighted by molar-refractivity contribution is 5.81. The largest absolute Gasteiger partial charge is 0.492 e. The molecule has 1 rings (SSSR count). The maximum absolute atomic E-state index is 12.1. The molecule has 2 atom stereocenters. The number of likely N-dealkylation sites (N-methyl/N-ethyl adjacent to an activating group) is 1. The van der Waals surface area contributed by atoms with Gasteiger partial charge < -0.3 is 15.4 Å². The second-order valence-corrected chi connectivity index (χ2v) is 5.33. The minimum atomic E-state index is -0.427.